The molecule has 0 aliphatic heterocycles. The van der Waals surface area contributed by atoms with Gasteiger partial charge in [0.05, 0.1) is 0 Å². The Morgan fingerprint density at radius 3 is 2.16 bits per heavy atom. The van der Waals surface area contributed by atoms with Gasteiger partial charge in [0.25, 0.3) is 0 Å². The zero-order valence-corrected chi connectivity index (χ0v) is 11.5. The summed E-state index contributed by atoms with van der Waals surface area (Å²) in [6.07, 6.45) is 13.2. The van der Waals surface area contributed by atoms with Gasteiger partial charge in [0.2, 0.25) is 5.95 Å². The third kappa shape index (κ3) is 1.80. The van der Waals surface area contributed by atoms with Crippen molar-refractivity contribution in [1.29, 1.82) is 0 Å². The van der Waals surface area contributed by atoms with Crippen molar-refractivity contribution in [3.8, 4) is 0 Å². The number of aromatic nitrogens is 3. The van der Waals surface area contributed by atoms with Crippen LogP contribution in [0.1, 0.15) is 44.3 Å². The van der Waals surface area contributed by atoms with Crippen molar-refractivity contribution in [3.05, 3.63) is 11.9 Å². The molecule has 4 aliphatic carbocycles. The van der Waals surface area contributed by atoms with Crippen LogP contribution in [0.2, 0.25) is 0 Å². The number of hydrogen-bond donors (Lipinski definition) is 1. The highest BCUT2D eigenvalue weighted by molar-refractivity contribution is 5.44. The first-order chi connectivity index (χ1) is 9.13. The van der Waals surface area contributed by atoms with E-state index in [-0.39, 0.29) is 0 Å². The van der Waals surface area contributed by atoms with Crippen LogP contribution in [0.5, 0.6) is 0 Å². The van der Waals surface area contributed by atoms with Crippen LogP contribution >= 0.6 is 0 Å². The molecule has 4 nitrogen and oxygen atoms in total. The van der Waals surface area contributed by atoms with Gasteiger partial charge < -0.3 is 5.73 Å². The molecule has 1 aromatic rings. The molecule has 4 heteroatoms. The van der Waals surface area contributed by atoms with Crippen molar-refractivity contribution in [2.75, 3.05) is 5.73 Å². The third-order valence-corrected chi connectivity index (χ3v) is 5.61. The van der Waals surface area contributed by atoms with Crippen molar-refractivity contribution < 1.29 is 0 Å². The van der Waals surface area contributed by atoms with Gasteiger partial charge in [-0.05, 0) is 67.8 Å². The second-order valence-corrected chi connectivity index (χ2v) is 7.09. The van der Waals surface area contributed by atoms with Gasteiger partial charge in [0.1, 0.15) is 0 Å². The SMILES string of the molecule is Cn1c(N)nnc1/C=C/C12CC3CC(CC(C3)C1)C2. The molecule has 0 saturated heterocycles. The highest BCUT2D eigenvalue weighted by Crippen LogP contribution is 2.60. The second kappa shape index (κ2) is 3.84. The number of nitrogens with two attached hydrogens (primary N) is 1. The average Bonchev–Trinajstić information content (AvgIpc) is 2.66. The van der Waals surface area contributed by atoms with Crippen molar-refractivity contribution in [3.63, 3.8) is 0 Å². The fourth-order valence-corrected chi connectivity index (χ4v) is 5.13. The molecule has 19 heavy (non-hydrogen) atoms. The highest BCUT2D eigenvalue weighted by Gasteiger charge is 2.49. The predicted molar refractivity (Wildman–Crippen MR) is 75.1 cm³/mol. The number of nitrogen functional groups attached to an aromatic ring is 1. The normalized spacial score (nSPS) is 40.4. The van der Waals surface area contributed by atoms with Crippen LogP contribution in [0.4, 0.5) is 5.95 Å². The molecule has 5 rings (SSSR count). The van der Waals surface area contributed by atoms with E-state index in [4.69, 9.17) is 5.73 Å². The van der Waals surface area contributed by atoms with Gasteiger partial charge in [-0.1, -0.05) is 6.08 Å². The van der Waals surface area contributed by atoms with Gasteiger partial charge in [-0.25, -0.2) is 0 Å². The maximum Gasteiger partial charge on any atom is 0.221 e. The summed E-state index contributed by atoms with van der Waals surface area (Å²) in [6.45, 7) is 0. The minimum Gasteiger partial charge on any atom is -0.368 e. The number of anilines is 1. The largest absolute Gasteiger partial charge is 0.368 e. The Kier molecular flexibility index (Phi) is 2.32. The fourth-order valence-electron chi connectivity index (χ4n) is 5.13. The molecule has 4 bridgehead atoms. The summed E-state index contributed by atoms with van der Waals surface area (Å²) >= 11 is 0. The summed E-state index contributed by atoms with van der Waals surface area (Å²) in [4.78, 5) is 0. The first kappa shape index (κ1) is 11.5. The smallest absolute Gasteiger partial charge is 0.221 e. The Hall–Kier alpha value is -1.32. The second-order valence-electron chi connectivity index (χ2n) is 7.09. The van der Waals surface area contributed by atoms with Gasteiger partial charge in [0.15, 0.2) is 5.82 Å². The fraction of sp³-hybridized carbons (Fsp3) is 0.733. The molecule has 0 radical (unpaired) electrons. The topological polar surface area (TPSA) is 56.7 Å². The van der Waals surface area contributed by atoms with Gasteiger partial charge in [0, 0.05) is 7.05 Å². The average molecular weight is 258 g/mol. The van der Waals surface area contributed by atoms with Gasteiger partial charge in [-0.2, -0.15) is 0 Å². The van der Waals surface area contributed by atoms with Crippen molar-refractivity contribution >= 4 is 12.0 Å². The third-order valence-electron chi connectivity index (χ3n) is 5.61. The summed E-state index contributed by atoms with van der Waals surface area (Å²) in [5.41, 5.74) is 6.19. The minimum atomic E-state index is 0.454. The van der Waals surface area contributed by atoms with Crippen LogP contribution in [0, 0.1) is 23.2 Å². The van der Waals surface area contributed by atoms with E-state index in [9.17, 15) is 0 Å². The summed E-state index contributed by atoms with van der Waals surface area (Å²) in [7, 11) is 1.93. The molecule has 4 aliphatic rings. The molecular formula is C15H22N4. The van der Waals surface area contributed by atoms with Crippen LogP contribution in [0.3, 0.4) is 0 Å². The van der Waals surface area contributed by atoms with Crippen molar-refractivity contribution in [2.45, 2.75) is 38.5 Å². The lowest BCUT2D eigenvalue weighted by Gasteiger charge is -2.55. The van der Waals surface area contributed by atoms with Crippen molar-refractivity contribution in [2.24, 2.45) is 30.2 Å². The quantitative estimate of drug-likeness (QED) is 0.887. The molecular weight excluding hydrogens is 236 g/mol. The molecule has 2 N–H and O–H groups in total. The molecule has 0 spiro atoms. The van der Waals surface area contributed by atoms with Gasteiger partial charge in [-0.3, -0.25) is 4.57 Å². The molecule has 4 fully saturated rings. The maximum atomic E-state index is 5.73. The van der Waals surface area contributed by atoms with E-state index in [0.717, 1.165) is 23.6 Å². The molecule has 0 atom stereocenters. The summed E-state index contributed by atoms with van der Waals surface area (Å²) in [5, 5.41) is 8.05. The maximum absolute atomic E-state index is 5.73. The Morgan fingerprint density at radius 2 is 1.68 bits per heavy atom. The van der Waals surface area contributed by atoms with Crippen LogP contribution < -0.4 is 5.73 Å². The predicted octanol–water partition coefficient (Wildman–Crippen LogP) is 2.63. The lowest BCUT2D eigenvalue weighted by Crippen LogP contribution is -2.44. The molecule has 0 amide bonds. The summed E-state index contributed by atoms with van der Waals surface area (Å²) in [6, 6.07) is 0. The Labute approximate surface area is 114 Å². The van der Waals surface area contributed by atoms with E-state index >= 15 is 0 Å². The highest BCUT2D eigenvalue weighted by atomic mass is 15.3. The molecule has 1 aromatic heterocycles. The first-order valence-corrected chi connectivity index (χ1v) is 7.48. The standard InChI is InChI=1S/C15H22N4/c1-19-13(17-18-14(19)16)2-3-15-7-10-4-11(8-15)6-12(5-10)9-15/h2-3,10-12H,4-9H2,1H3,(H2,16,18)/b3-2+. The van der Waals surface area contributed by atoms with E-state index in [1.54, 1.807) is 0 Å². The van der Waals surface area contributed by atoms with E-state index in [2.05, 4.69) is 22.3 Å². The van der Waals surface area contributed by atoms with Gasteiger partial charge in [-0.15, -0.1) is 10.2 Å². The van der Waals surface area contributed by atoms with Gasteiger partial charge >= 0.3 is 0 Å². The Balaban J connectivity index is 1.61. The molecule has 0 aromatic carbocycles. The zero-order valence-electron chi connectivity index (χ0n) is 11.5. The monoisotopic (exact) mass is 258 g/mol. The molecule has 4 saturated carbocycles. The lowest BCUT2D eigenvalue weighted by molar-refractivity contribution is -0.0233. The van der Waals surface area contributed by atoms with E-state index in [0.29, 0.717) is 11.4 Å². The molecule has 102 valence electrons. The van der Waals surface area contributed by atoms with Crippen LogP contribution in [0.15, 0.2) is 6.08 Å². The van der Waals surface area contributed by atoms with E-state index < -0.39 is 0 Å². The lowest BCUT2D eigenvalue weighted by atomic mass is 9.49. The Bertz CT molecular complexity index is 493. The summed E-state index contributed by atoms with van der Waals surface area (Å²) < 4.78 is 1.86. The number of hydrogen-bond acceptors (Lipinski definition) is 3. The minimum absolute atomic E-state index is 0.454. The number of nitrogens with zero attached hydrogens (tertiary/aromatic N) is 3. The van der Waals surface area contributed by atoms with Crippen LogP contribution in [0.25, 0.3) is 6.08 Å². The molecule has 1 heterocycles. The van der Waals surface area contributed by atoms with Crippen LogP contribution in [-0.2, 0) is 7.05 Å². The zero-order chi connectivity index (χ0) is 13.0. The van der Waals surface area contributed by atoms with E-state index in [1.165, 1.54) is 38.5 Å². The van der Waals surface area contributed by atoms with Crippen LogP contribution in [-0.4, -0.2) is 14.8 Å². The first-order valence-electron chi connectivity index (χ1n) is 7.48. The van der Waals surface area contributed by atoms with E-state index in [1.807, 2.05) is 11.6 Å². The number of rotatable bonds is 2. The summed E-state index contributed by atoms with van der Waals surface area (Å²) in [5.74, 6) is 4.33. The van der Waals surface area contributed by atoms with Crippen molar-refractivity contribution in [1.82, 2.24) is 14.8 Å². The Morgan fingerprint density at radius 1 is 1.11 bits per heavy atom. The number of allylic oxidation sites excluding steroid dienone is 1. The molecule has 0 unspecified atom stereocenters.